The van der Waals surface area contributed by atoms with Gasteiger partial charge in [-0.25, -0.2) is 8.78 Å². The first-order valence-corrected chi connectivity index (χ1v) is 7.43. The molecule has 1 nitrogen and oxygen atoms in total. The molecule has 0 aromatic heterocycles. The van der Waals surface area contributed by atoms with E-state index in [0.29, 0.717) is 9.80 Å². The number of hydrogen-bond donors (Lipinski definition) is 0. The number of hydrogen-bond acceptors (Lipinski definition) is 1. The summed E-state index contributed by atoms with van der Waals surface area (Å²) in [6.07, 6.45) is 0. The number of rotatable bonds is 4. The molecular weight excluding hydrogens is 382 g/mol. The first-order chi connectivity index (χ1) is 9.11. The molecule has 0 heterocycles. The predicted octanol–water partition coefficient (Wildman–Crippen LogP) is 5.20. The molecule has 100 valence electrons. The average Bonchev–Trinajstić information content (AvgIpc) is 2.41. The molecule has 0 N–H and O–H groups in total. The molecule has 0 spiro atoms. The van der Waals surface area contributed by atoms with E-state index in [0.717, 1.165) is 11.1 Å². The number of para-hydroxylation sites is 1. The molecule has 2 aromatic rings. The molecule has 0 unspecified atom stereocenters. The maximum Gasteiger partial charge on any atom is 0.165 e. The van der Waals surface area contributed by atoms with Gasteiger partial charge in [0.15, 0.2) is 11.6 Å². The van der Waals surface area contributed by atoms with Gasteiger partial charge in [0.25, 0.3) is 0 Å². The van der Waals surface area contributed by atoms with Crippen LogP contribution in [-0.2, 0) is 11.9 Å². The topological polar surface area (TPSA) is 9.23 Å². The molecule has 0 amide bonds. The van der Waals surface area contributed by atoms with Crippen LogP contribution in [0.25, 0.3) is 0 Å². The second kappa shape index (κ2) is 6.48. The van der Waals surface area contributed by atoms with Crippen molar-refractivity contribution in [3.8, 4) is 5.75 Å². The van der Waals surface area contributed by atoms with Crippen LogP contribution in [-0.4, -0.2) is 0 Å². The Morgan fingerprint density at radius 3 is 2.53 bits per heavy atom. The van der Waals surface area contributed by atoms with E-state index in [1.165, 1.54) is 12.1 Å². The van der Waals surface area contributed by atoms with E-state index < -0.39 is 5.82 Å². The van der Waals surface area contributed by atoms with Crippen LogP contribution in [0, 0.1) is 11.6 Å². The van der Waals surface area contributed by atoms with Crippen LogP contribution in [0.4, 0.5) is 8.78 Å². The summed E-state index contributed by atoms with van der Waals surface area (Å²) < 4.78 is 32.6. The minimum absolute atomic E-state index is 0.180. The minimum Gasteiger partial charge on any atom is -0.486 e. The molecule has 5 heteroatoms. The Kier molecular flexibility index (Phi) is 4.93. The molecule has 0 atom stereocenters. The van der Waals surface area contributed by atoms with Crippen LogP contribution in [0.3, 0.4) is 0 Å². The van der Waals surface area contributed by atoms with Crippen molar-refractivity contribution < 1.29 is 13.5 Å². The zero-order valence-electron chi connectivity index (χ0n) is 9.80. The van der Waals surface area contributed by atoms with Gasteiger partial charge in [-0.15, -0.1) is 0 Å². The molecule has 0 bridgehead atoms. The van der Waals surface area contributed by atoms with E-state index in [-0.39, 0.29) is 18.2 Å². The van der Waals surface area contributed by atoms with E-state index in [1.54, 1.807) is 24.3 Å². The van der Waals surface area contributed by atoms with E-state index >= 15 is 0 Å². The maximum absolute atomic E-state index is 13.7. The molecule has 0 saturated carbocycles. The molecule has 0 aliphatic rings. The Morgan fingerprint density at radius 2 is 1.84 bits per heavy atom. The van der Waals surface area contributed by atoms with Crippen molar-refractivity contribution in [1.29, 1.82) is 0 Å². The highest BCUT2D eigenvalue weighted by atomic mass is 79.9. The van der Waals surface area contributed by atoms with Crippen molar-refractivity contribution in [2.24, 2.45) is 0 Å². The smallest absolute Gasteiger partial charge is 0.165 e. The van der Waals surface area contributed by atoms with Gasteiger partial charge < -0.3 is 4.74 Å². The molecule has 0 saturated heterocycles. The zero-order valence-corrected chi connectivity index (χ0v) is 13.0. The Morgan fingerprint density at radius 1 is 1.05 bits per heavy atom. The third kappa shape index (κ3) is 3.54. The summed E-state index contributed by atoms with van der Waals surface area (Å²) in [6, 6.07) is 9.33. The Labute approximate surface area is 126 Å². The lowest BCUT2D eigenvalue weighted by atomic mass is 10.2. The zero-order chi connectivity index (χ0) is 13.8. The van der Waals surface area contributed by atoms with Crippen molar-refractivity contribution >= 4 is 31.9 Å². The van der Waals surface area contributed by atoms with Gasteiger partial charge in [-0.3, -0.25) is 0 Å². The Balaban J connectivity index is 2.16. The predicted molar refractivity (Wildman–Crippen MR) is 77.5 cm³/mol. The fourth-order valence-electron chi connectivity index (χ4n) is 1.61. The molecule has 0 aliphatic carbocycles. The lowest BCUT2D eigenvalue weighted by Gasteiger charge is -2.11. The van der Waals surface area contributed by atoms with Gasteiger partial charge in [0.1, 0.15) is 12.4 Å². The van der Waals surface area contributed by atoms with E-state index in [4.69, 9.17) is 4.74 Å². The van der Waals surface area contributed by atoms with Crippen LogP contribution >= 0.6 is 31.9 Å². The normalized spacial score (nSPS) is 10.5. The second-order valence-electron chi connectivity index (χ2n) is 3.90. The lowest BCUT2D eigenvalue weighted by Crippen LogP contribution is -2.00. The summed E-state index contributed by atoms with van der Waals surface area (Å²) in [4.78, 5) is 0. The van der Waals surface area contributed by atoms with Crippen LogP contribution in [0.1, 0.15) is 11.1 Å². The van der Waals surface area contributed by atoms with Gasteiger partial charge in [0, 0.05) is 10.9 Å². The van der Waals surface area contributed by atoms with Crippen molar-refractivity contribution in [3.05, 3.63) is 63.6 Å². The summed E-state index contributed by atoms with van der Waals surface area (Å²) in [5.74, 6) is -0.520. The first kappa shape index (κ1) is 14.5. The Bertz CT molecular complexity index is 588. The fraction of sp³-hybridized carbons (Fsp3) is 0.143. The minimum atomic E-state index is -0.405. The van der Waals surface area contributed by atoms with E-state index in [1.807, 2.05) is 0 Å². The molecule has 0 radical (unpaired) electrons. The van der Waals surface area contributed by atoms with Gasteiger partial charge in [-0.1, -0.05) is 34.1 Å². The molecular formula is C14H10Br2F2O. The van der Waals surface area contributed by atoms with Gasteiger partial charge >= 0.3 is 0 Å². The third-order valence-electron chi connectivity index (χ3n) is 2.56. The quantitative estimate of drug-likeness (QED) is 0.650. The SMILES string of the molecule is Fc1ccc(COc2c(F)cccc2CBr)cc1Br. The second-order valence-corrected chi connectivity index (χ2v) is 5.31. The summed E-state index contributed by atoms with van der Waals surface area (Å²) in [5, 5.41) is 0.507. The summed E-state index contributed by atoms with van der Waals surface area (Å²) in [5.41, 5.74) is 1.50. The average molecular weight is 392 g/mol. The van der Waals surface area contributed by atoms with Crippen LogP contribution in [0.15, 0.2) is 40.9 Å². The highest BCUT2D eigenvalue weighted by Crippen LogP contribution is 2.26. The van der Waals surface area contributed by atoms with Gasteiger partial charge in [-0.2, -0.15) is 0 Å². The number of alkyl halides is 1. The maximum atomic E-state index is 13.7. The van der Waals surface area contributed by atoms with Gasteiger partial charge in [0.2, 0.25) is 0 Å². The summed E-state index contributed by atoms with van der Waals surface area (Å²) in [6.45, 7) is 0.180. The van der Waals surface area contributed by atoms with Crippen LogP contribution in [0.5, 0.6) is 5.75 Å². The molecule has 2 rings (SSSR count). The van der Waals surface area contributed by atoms with E-state index in [9.17, 15) is 8.78 Å². The van der Waals surface area contributed by atoms with Crippen molar-refractivity contribution in [1.82, 2.24) is 0 Å². The van der Waals surface area contributed by atoms with Crippen LogP contribution in [0.2, 0.25) is 0 Å². The molecule has 19 heavy (non-hydrogen) atoms. The van der Waals surface area contributed by atoms with Crippen molar-refractivity contribution in [2.45, 2.75) is 11.9 Å². The van der Waals surface area contributed by atoms with Crippen LogP contribution < -0.4 is 4.74 Å². The highest BCUT2D eigenvalue weighted by Gasteiger charge is 2.09. The largest absolute Gasteiger partial charge is 0.486 e. The highest BCUT2D eigenvalue weighted by molar-refractivity contribution is 9.10. The number of benzene rings is 2. The standard InChI is InChI=1S/C14H10Br2F2O/c15-7-10-2-1-3-13(18)14(10)19-8-9-4-5-12(17)11(16)6-9/h1-6H,7-8H2. The van der Waals surface area contributed by atoms with Gasteiger partial charge in [0.05, 0.1) is 4.47 Å². The monoisotopic (exact) mass is 390 g/mol. The lowest BCUT2D eigenvalue weighted by molar-refractivity contribution is 0.287. The van der Waals surface area contributed by atoms with E-state index in [2.05, 4.69) is 31.9 Å². The summed E-state index contributed by atoms with van der Waals surface area (Å²) >= 11 is 6.39. The van der Waals surface area contributed by atoms with Crippen molar-refractivity contribution in [2.75, 3.05) is 0 Å². The first-order valence-electron chi connectivity index (χ1n) is 5.52. The fourth-order valence-corrected chi connectivity index (χ4v) is 2.47. The number of ether oxygens (including phenoxy) is 1. The number of halogens is 4. The van der Waals surface area contributed by atoms with Crippen molar-refractivity contribution in [3.63, 3.8) is 0 Å². The molecule has 0 aliphatic heterocycles. The Hall–Kier alpha value is -0.940. The van der Waals surface area contributed by atoms with Gasteiger partial charge in [-0.05, 0) is 39.7 Å². The molecule has 2 aromatic carbocycles. The molecule has 0 fully saturated rings. The third-order valence-corrected chi connectivity index (χ3v) is 3.77. The summed E-state index contributed by atoms with van der Waals surface area (Å²) in [7, 11) is 0.